The first kappa shape index (κ1) is 22.8. The van der Waals surface area contributed by atoms with E-state index in [1.807, 2.05) is 6.92 Å². The standard InChI is InChI=1S/C20H32N2O5S/c1-15-5-11-18(12-6-15)28(24,25)21-13-16-7-9-17(10-8-16)20(23)22(2)14-19(26-3)27-4/h5-6,11-12,16-17,19,21H,7-10,13-14H2,1-4H3. The van der Waals surface area contributed by atoms with Crippen LogP contribution >= 0.6 is 0 Å². The molecule has 1 fully saturated rings. The van der Waals surface area contributed by atoms with Gasteiger partial charge in [-0.05, 0) is 50.7 Å². The second-order valence-corrected chi connectivity index (χ2v) is 9.27. The molecule has 0 unspecified atom stereocenters. The third kappa shape index (κ3) is 6.27. The van der Waals surface area contributed by atoms with Gasteiger partial charge in [-0.1, -0.05) is 17.7 Å². The van der Waals surface area contributed by atoms with Gasteiger partial charge in [0.1, 0.15) is 0 Å². The molecule has 0 aromatic heterocycles. The number of methoxy groups -OCH3 is 2. The van der Waals surface area contributed by atoms with Crippen LogP contribution in [-0.2, 0) is 24.3 Å². The number of aryl methyl sites for hydroxylation is 1. The summed E-state index contributed by atoms with van der Waals surface area (Å²) in [6.45, 7) is 2.72. The molecule has 0 radical (unpaired) electrons. The van der Waals surface area contributed by atoms with Crippen LogP contribution in [0, 0.1) is 18.8 Å². The molecule has 158 valence electrons. The van der Waals surface area contributed by atoms with Crippen LogP contribution in [0.15, 0.2) is 29.2 Å². The number of nitrogens with one attached hydrogen (secondary N) is 1. The maximum atomic E-state index is 12.6. The molecule has 0 bridgehead atoms. The minimum atomic E-state index is -3.49. The largest absolute Gasteiger partial charge is 0.354 e. The number of sulfonamides is 1. The van der Waals surface area contributed by atoms with Gasteiger partial charge >= 0.3 is 0 Å². The van der Waals surface area contributed by atoms with Gasteiger partial charge in [-0.15, -0.1) is 0 Å². The minimum Gasteiger partial charge on any atom is -0.354 e. The summed E-state index contributed by atoms with van der Waals surface area (Å²) in [6, 6.07) is 6.83. The Bertz CT molecular complexity index is 723. The molecular formula is C20H32N2O5S. The van der Waals surface area contributed by atoms with Crippen LogP contribution in [0.25, 0.3) is 0 Å². The van der Waals surface area contributed by atoms with Gasteiger partial charge in [0.05, 0.1) is 11.4 Å². The fraction of sp³-hybridized carbons (Fsp3) is 0.650. The molecule has 1 aromatic rings. The average Bonchev–Trinajstić information content (AvgIpc) is 2.70. The highest BCUT2D eigenvalue weighted by Gasteiger charge is 2.29. The Morgan fingerprint density at radius 1 is 1.14 bits per heavy atom. The predicted molar refractivity (Wildman–Crippen MR) is 107 cm³/mol. The molecule has 28 heavy (non-hydrogen) atoms. The maximum Gasteiger partial charge on any atom is 0.240 e. The maximum absolute atomic E-state index is 12.6. The van der Waals surface area contributed by atoms with E-state index in [4.69, 9.17) is 9.47 Å². The van der Waals surface area contributed by atoms with Crippen molar-refractivity contribution in [3.8, 4) is 0 Å². The van der Waals surface area contributed by atoms with Crippen LogP contribution < -0.4 is 4.72 Å². The van der Waals surface area contributed by atoms with Crippen molar-refractivity contribution in [2.24, 2.45) is 11.8 Å². The highest BCUT2D eigenvalue weighted by molar-refractivity contribution is 7.89. The van der Waals surface area contributed by atoms with Crippen molar-refractivity contribution in [3.63, 3.8) is 0 Å². The second-order valence-electron chi connectivity index (χ2n) is 7.50. The molecule has 1 saturated carbocycles. The first-order chi connectivity index (χ1) is 13.3. The predicted octanol–water partition coefficient (Wildman–Crippen LogP) is 2.16. The number of ether oxygens (including phenoxy) is 2. The topological polar surface area (TPSA) is 84.9 Å². The number of rotatable bonds is 9. The van der Waals surface area contributed by atoms with Gasteiger partial charge in [0.25, 0.3) is 0 Å². The zero-order valence-corrected chi connectivity index (χ0v) is 18.0. The van der Waals surface area contributed by atoms with Crippen molar-refractivity contribution >= 4 is 15.9 Å². The summed E-state index contributed by atoms with van der Waals surface area (Å²) in [5, 5.41) is 0. The first-order valence-corrected chi connectivity index (χ1v) is 11.1. The van der Waals surface area contributed by atoms with Crippen molar-refractivity contribution in [1.82, 2.24) is 9.62 Å². The van der Waals surface area contributed by atoms with E-state index in [0.29, 0.717) is 13.1 Å². The van der Waals surface area contributed by atoms with Crippen molar-refractivity contribution < 1.29 is 22.7 Å². The lowest BCUT2D eigenvalue weighted by Gasteiger charge is -2.31. The molecule has 1 N–H and O–H groups in total. The molecule has 1 aliphatic rings. The van der Waals surface area contributed by atoms with Crippen LogP contribution in [0.4, 0.5) is 0 Å². The average molecular weight is 413 g/mol. The van der Waals surface area contributed by atoms with E-state index in [1.54, 1.807) is 50.4 Å². The summed E-state index contributed by atoms with van der Waals surface area (Å²) >= 11 is 0. The zero-order valence-electron chi connectivity index (χ0n) is 17.2. The summed E-state index contributed by atoms with van der Waals surface area (Å²) in [5.74, 6) is 0.322. The van der Waals surface area contributed by atoms with Crippen LogP contribution in [0.3, 0.4) is 0 Å². The van der Waals surface area contributed by atoms with Gasteiger partial charge in [0.2, 0.25) is 15.9 Å². The van der Waals surface area contributed by atoms with Crippen LogP contribution in [0.2, 0.25) is 0 Å². The molecule has 1 aromatic carbocycles. The molecule has 8 heteroatoms. The number of nitrogens with zero attached hydrogens (tertiary/aromatic N) is 1. The Morgan fingerprint density at radius 3 is 2.25 bits per heavy atom. The van der Waals surface area contributed by atoms with Crippen LogP contribution in [0.5, 0.6) is 0 Å². The number of likely N-dealkylation sites (N-methyl/N-ethyl adjacent to an activating group) is 1. The zero-order chi connectivity index (χ0) is 20.7. The van der Waals surface area contributed by atoms with Crippen molar-refractivity contribution in [2.45, 2.75) is 43.8 Å². The van der Waals surface area contributed by atoms with Gasteiger partial charge in [-0.2, -0.15) is 0 Å². The highest BCUT2D eigenvalue weighted by atomic mass is 32.2. The molecule has 0 saturated heterocycles. The molecule has 0 spiro atoms. The SMILES string of the molecule is COC(CN(C)C(=O)C1CCC(CNS(=O)(=O)c2ccc(C)cc2)CC1)OC. The Hall–Kier alpha value is -1.48. The van der Waals surface area contributed by atoms with E-state index in [9.17, 15) is 13.2 Å². The summed E-state index contributed by atoms with van der Waals surface area (Å²) in [5.41, 5.74) is 1.02. The van der Waals surface area contributed by atoms with E-state index >= 15 is 0 Å². The lowest BCUT2D eigenvalue weighted by Crippen LogP contribution is -2.41. The van der Waals surface area contributed by atoms with Crippen molar-refractivity contribution in [1.29, 1.82) is 0 Å². The first-order valence-electron chi connectivity index (χ1n) is 9.63. The molecular weight excluding hydrogens is 380 g/mol. The third-order valence-corrected chi connectivity index (χ3v) is 6.85. The number of benzene rings is 1. The van der Waals surface area contributed by atoms with E-state index < -0.39 is 16.3 Å². The molecule has 1 amide bonds. The lowest BCUT2D eigenvalue weighted by molar-refractivity contribution is -0.147. The third-order valence-electron chi connectivity index (χ3n) is 5.41. The Balaban J connectivity index is 1.80. The van der Waals surface area contributed by atoms with E-state index in [-0.39, 0.29) is 22.6 Å². The lowest BCUT2D eigenvalue weighted by atomic mass is 9.81. The van der Waals surface area contributed by atoms with Gasteiger partial charge in [0, 0.05) is 33.7 Å². The number of amides is 1. The molecule has 2 rings (SSSR count). The van der Waals surface area contributed by atoms with Crippen molar-refractivity contribution in [2.75, 3.05) is 34.4 Å². The van der Waals surface area contributed by atoms with E-state index in [0.717, 1.165) is 31.2 Å². The summed E-state index contributed by atoms with van der Waals surface area (Å²) in [6.07, 6.45) is 2.77. The Kier molecular flexibility index (Phi) is 8.42. The van der Waals surface area contributed by atoms with Crippen LogP contribution in [-0.4, -0.2) is 59.9 Å². The van der Waals surface area contributed by atoms with Gasteiger partial charge in [-0.25, -0.2) is 13.1 Å². The highest BCUT2D eigenvalue weighted by Crippen LogP contribution is 2.30. The number of carbonyl (C=O) groups is 1. The summed E-state index contributed by atoms with van der Waals surface area (Å²) < 4.78 is 37.8. The molecule has 0 aliphatic heterocycles. The number of hydrogen-bond acceptors (Lipinski definition) is 5. The number of hydrogen-bond donors (Lipinski definition) is 1. The van der Waals surface area contributed by atoms with E-state index in [1.165, 1.54) is 0 Å². The number of carbonyl (C=O) groups excluding carboxylic acids is 1. The normalized spacial score (nSPS) is 20.3. The molecule has 0 atom stereocenters. The van der Waals surface area contributed by atoms with Crippen LogP contribution in [0.1, 0.15) is 31.2 Å². The molecule has 1 aliphatic carbocycles. The Labute approximate surface area is 168 Å². The molecule has 0 heterocycles. The van der Waals surface area contributed by atoms with E-state index in [2.05, 4.69) is 4.72 Å². The monoisotopic (exact) mass is 412 g/mol. The summed E-state index contributed by atoms with van der Waals surface area (Å²) in [7, 11) is 1.37. The van der Waals surface area contributed by atoms with Crippen molar-refractivity contribution in [3.05, 3.63) is 29.8 Å². The molecule has 7 nitrogen and oxygen atoms in total. The van der Waals surface area contributed by atoms with Gasteiger partial charge in [0.15, 0.2) is 6.29 Å². The smallest absolute Gasteiger partial charge is 0.240 e. The van der Waals surface area contributed by atoms with Gasteiger partial charge in [-0.3, -0.25) is 4.79 Å². The fourth-order valence-electron chi connectivity index (χ4n) is 3.51. The summed E-state index contributed by atoms with van der Waals surface area (Å²) in [4.78, 5) is 14.5. The fourth-order valence-corrected chi connectivity index (χ4v) is 4.63. The quantitative estimate of drug-likeness (QED) is 0.628. The van der Waals surface area contributed by atoms with Gasteiger partial charge < -0.3 is 14.4 Å². The minimum absolute atomic E-state index is 0.0238. The second kappa shape index (κ2) is 10.3. The Morgan fingerprint density at radius 2 is 1.71 bits per heavy atom.